The van der Waals surface area contributed by atoms with E-state index < -0.39 is 0 Å². The molecule has 2 aliphatic carbocycles. The van der Waals surface area contributed by atoms with E-state index in [2.05, 4.69) is 10.8 Å². The van der Waals surface area contributed by atoms with Gasteiger partial charge in [0.25, 0.3) is 0 Å². The lowest BCUT2D eigenvalue weighted by molar-refractivity contribution is 0.0960. The van der Waals surface area contributed by atoms with Crippen LogP contribution in [0.3, 0.4) is 0 Å². The molecule has 0 amide bonds. The average Bonchev–Trinajstić information content (AvgIpc) is 3.24. The van der Waals surface area contributed by atoms with Gasteiger partial charge in [-0.05, 0) is 31.1 Å². The minimum atomic E-state index is -0.214. The van der Waals surface area contributed by atoms with Crippen LogP contribution in [0, 0.1) is 5.92 Å². The molecule has 2 aliphatic rings. The maximum Gasteiger partial charge on any atom is 0.184 e. The van der Waals surface area contributed by atoms with Crippen molar-refractivity contribution in [3.63, 3.8) is 0 Å². The maximum atomic E-state index is 12.3. The molecule has 1 aromatic rings. The molecule has 4 nitrogen and oxygen atoms in total. The third kappa shape index (κ3) is 2.41. The number of ketones is 1. The highest BCUT2D eigenvalue weighted by molar-refractivity contribution is 6.36. The highest BCUT2D eigenvalue weighted by atomic mass is 35.5. The molecular weight excluding hydrogens is 276 g/mol. The highest BCUT2D eigenvalue weighted by Crippen LogP contribution is 2.34. The van der Waals surface area contributed by atoms with E-state index in [1.165, 1.54) is 4.68 Å². The molecule has 5 heteroatoms. The third-order valence-corrected chi connectivity index (χ3v) is 3.54. The van der Waals surface area contributed by atoms with Crippen LogP contribution in [0.25, 0.3) is 5.70 Å². The van der Waals surface area contributed by atoms with Crippen LogP contribution in [-0.4, -0.2) is 20.7 Å². The van der Waals surface area contributed by atoms with Gasteiger partial charge < -0.3 is 5.11 Å². The summed E-state index contributed by atoms with van der Waals surface area (Å²) in [5.41, 5.74) is 4.43. The molecular formula is C15H13ClN2O2. The molecule has 102 valence electrons. The number of Topliss-reactive ketones (excluding diaryl/α,β-unsaturated/α-hetero) is 1. The van der Waals surface area contributed by atoms with E-state index in [0.29, 0.717) is 22.1 Å². The Balaban J connectivity index is 2.10. The zero-order valence-electron chi connectivity index (χ0n) is 10.7. The fourth-order valence-corrected chi connectivity index (χ4v) is 2.25. The number of carbonyl (C=O) groups is 1. The van der Waals surface area contributed by atoms with Gasteiger partial charge in [0, 0.05) is 5.92 Å². The topological polar surface area (TPSA) is 55.1 Å². The molecule has 0 unspecified atom stereocenters. The first-order valence-corrected chi connectivity index (χ1v) is 6.82. The Morgan fingerprint density at radius 1 is 1.50 bits per heavy atom. The van der Waals surface area contributed by atoms with E-state index in [1.807, 2.05) is 0 Å². The van der Waals surface area contributed by atoms with Crippen LogP contribution < -0.4 is 0 Å². The van der Waals surface area contributed by atoms with E-state index in [-0.39, 0.29) is 18.3 Å². The van der Waals surface area contributed by atoms with Crippen LogP contribution in [0.15, 0.2) is 41.1 Å². The summed E-state index contributed by atoms with van der Waals surface area (Å²) in [6.07, 6.45) is 8.86. The Kier molecular flexibility index (Phi) is 3.45. The van der Waals surface area contributed by atoms with Crippen LogP contribution in [0.1, 0.15) is 29.0 Å². The highest BCUT2D eigenvalue weighted by Gasteiger charge is 2.33. The largest absolute Gasteiger partial charge is 0.390 e. The quantitative estimate of drug-likeness (QED) is 0.684. The Labute approximate surface area is 121 Å². The Morgan fingerprint density at radius 2 is 2.30 bits per heavy atom. The van der Waals surface area contributed by atoms with Crippen molar-refractivity contribution in [2.24, 2.45) is 5.92 Å². The van der Waals surface area contributed by atoms with Crippen molar-refractivity contribution in [1.82, 2.24) is 9.78 Å². The van der Waals surface area contributed by atoms with Gasteiger partial charge in [-0.25, -0.2) is 4.68 Å². The van der Waals surface area contributed by atoms with Crippen LogP contribution >= 0.6 is 11.6 Å². The number of nitrogens with zero attached hydrogens (tertiary/aromatic N) is 2. The molecule has 0 aliphatic heterocycles. The molecule has 20 heavy (non-hydrogen) atoms. The van der Waals surface area contributed by atoms with E-state index in [9.17, 15) is 9.90 Å². The molecule has 0 radical (unpaired) electrons. The molecule has 0 aromatic carbocycles. The summed E-state index contributed by atoms with van der Waals surface area (Å²) in [4.78, 5) is 12.3. The molecule has 1 heterocycles. The van der Waals surface area contributed by atoms with Crippen molar-refractivity contribution >= 4 is 23.1 Å². The van der Waals surface area contributed by atoms with Crippen LogP contribution in [0.5, 0.6) is 0 Å². The van der Waals surface area contributed by atoms with Crippen molar-refractivity contribution in [3.8, 4) is 0 Å². The average molecular weight is 289 g/mol. The number of hydrogen-bond acceptors (Lipinski definition) is 3. The number of aliphatic hydroxyl groups is 1. The van der Waals surface area contributed by atoms with Gasteiger partial charge in [0.15, 0.2) is 5.78 Å². The number of hydrogen-bond donors (Lipinski definition) is 1. The van der Waals surface area contributed by atoms with Crippen molar-refractivity contribution in [2.45, 2.75) is 19.4 Å². The summed E-state index contributed by atoms with van der Waals surface area (Å²) in [5, 5.41) is 13.9. The van der Waals surface area contributed by atoms with Gasteiger partial charge in [-0.3, -0.25) is 4.79 Å². The minimum absolute atomic E-state index is 0.0492. The van der Waals surface area contributed by atoms with Gasteiger partial charge in [-0.1, -0.05) is 29.5 Å². The monoisotopic (exact) mass is 288 g/mol. The molecule has 0 bridgehead atoms. The Hall–Kier alpha value is -1.87. The summed E-state index contributed by atoms with van der Waals surface area (Å²) in [5.74, 6) is 0.126. The SMILES string of the molecule is O=C(c1cc(CO)nn1C1=C=CC=CC=C1Cl)C1CC1. The van der Waals surface area contributed by atoms with Gasteiger partial charge in [0.05, 0.1) is 17.3 Å². The number of rotatable bonds is 4. The van der Waals surface area contributed by atoms with Crippen LogP contribution in [0.4, 0.5) is 0 Å². The van der Waals surface area contributed by atoms with Crippen molar-refractivity contribution in [2.75, 3.05) is 0 Å². The molecule has 3 rings (SSSR count). The number of carbonyl (C=O) groups excluding carboxylic acids is 1. The first kappa shape index (κ1) is 13.1. The van der Waals surface area contributed by atoms with Gasteiger partial charge >= 0.3 is 0 Å². The molecule has 1 fully saturated rings. The first-order chi connectivity index (χ1) is 9.70. The van der Waals surface area contributed by atoms with Gasteiger partial charge in [0.1, 0.15) is 11.4 Å². The van der Waals surface area contributed by atoms with Crippen molar-refractivity contribution < 1.29 is 9.90 Å². The lowest BCUT2D eigenvalue weighted by atomic mass is 10.2. The lowest BCUT2D eigenvalue weighted by Gasteiger charge is -2.07. The molecule has 1 saturated carbocycles. The zero-order valence-corrected chi connectivity index (χ0v) is 11.5. The van der Waals surface area contributed by atoms with E-state index in [4.69, 9.17) is 11.6 Å². The summed E-state index contributed by atoms with van der Waals surface area (Å²) in [6.45, 7) is -0.214. The van der Waals surface area contributed by atoms with Crippen molar-refractivity contribution in [1.29, 1.82) is 0 Å². The number of halogens is 1. The van der Waals surface area contributed by atoms with E-state index in [0.717, 1.165) is 12.8 Å². The lowest BCUT2D eigenvalue weighted by Crippen LogP contribution is -2.11. The number of aromatic nitrogens is 2. The minimum Gasteiger partial charge on any atom is -0.390 e. The van der Waals surface area contributed by atoms with Gasteiger partial charge in [-0.2, -0.15) is 5.10 Å². The van der Waals surface area contributed by atoms with E-state index in [1.54, 1.807) is 30.4 Å². The molecule has 0 atom stereocenters. The Bertz CT molecular complexity index is 687. The van der Waals surface area contributed by atoms with Crippen molar-refractivity contribution in [3.05, 3.63) is 52.5 Å². The second-order valence-electron chi connectivity index (χ2n) is 4.79. The fourth-order valence-electron chi connectivity index (χ4n) is 2.04. The third-order valence-electron chi connectivity index (χ3n) is 3.23. The van der Waals surface area contributed by atoms with Crippen LogP contribution in [-0.2, 0) is 6.61 Å². The van der Waals surface area contributed by atoms with E-state index >= 15 is 0 Å². The smallest absolute Gasteiger partial charge is 0.184 e. The second-order valence-corrected chi connectivity index (χ2v) is 5.20. The number of allylic oxidation sites excluding steroid dienone is 5. The predicted molar refractivity (Wildman–Crippen MR) is 76.1 cm³/mol. The summed E-state index contributed by atoms with van der Waals surface area (Å²) >= 11 is 6.20. The molecule has 0 saturated heterocycles. The zero-order chi connectivity index (χ0) is 14.1. The number of aliphatic hydroxyl groups excluding tert-OH is 1. The normalized spacial score (nSPS) is 17.7. The maximum absolute atomic E-state index is 12.3. The van der Waals surface area contributed by atoms with Gasteiger partial charge in [-0.15, -0.1) is 0 Å². The molecule has 1 aromatic heterocycles. The predicted octanol–water partition coefficient (Wildman–Crippen LogP) is 2.66. The van der Waals surface area contributed by atoms with Crippen LogP contribution in [0.2, 0.25) is 0 Å². The summed E-state index contributed by atoms with van der Waals surface area (Å²) < 4.78 is 1.48. The summed E-state index contributed by atoms with van der Waals surface area (Å²) in [7, 11) is 0. The molecule has 1 N–H and O–H groups in total. The second kappa shape index (κ2) is 5.25. The fraction of sp³-hybridized carbons (Fsp3) is 0.267. The molecule has 0 spiro atoms. The summed E-state index contributed by atoms with van der Waals surface area (Å²) in [6, 6.07) is 1.62. The van der Waals surface area contributed by atoms with Gasteiger partial charge in [0.2, 0.25) is 0 Å². The standard InChI is InChI=1S/C15H13ClN2O2/c16-12-4-2-1-3-5-13(12)18-14(8-11(9-19)17-18)15(20)10-6-7-10/h1-4,8,10,19H,6-7,9H2. The first-order valence-electron chi connectivity index (χ1n) is 6.44. The Morgan fingerprint density at radius 3 is 3.00 bits per heavy atom.